The Labute approximate surface area is 110 Å². The van der Waals surface area contributed by atoms with Gasteiger partial charge in [0.15, 0.2) is 0 Å². The molecule has 0 aromatic rings. The van der Waals surface area contributed by atoms with Crippen molar-refractivity contribution < 1.29 is 9.90 Å². The minimum Gasteiger partial charge on any atom is -0.394 e. The zero-order chi connectivity index (χ0) is 13.7. The van der Waals surface area contributed by atoms with Crippen molar-refractivity contribution in [2.24, 2.45) is 5.92 Å². The molecule has 1 amide bonds. The van der Waals surface area contributed by atoms with E-state index in [4.69, 9.17) is 0 Å². The van der Waals surface area contributed by atoms with Gasteiger partial charge in [-0.25, -0.2) is 0 Å². The fraction of sp³-hybridized carbons (Fsp3) is 0.923. The number of carbonyl (C=O) groups is 1. The normalized spacial score (nSPS) is 24.2. The third-order valence-corrected chi connectivity index (χ3v) is 3.66. The molecular weight excluding hydrogens is 230 g/mol. The molecule has 2 N–H and O–H groups in total. The third kappa shape index (κ3) is 4.55. The van der Waals surface area contributed by atoms with Gasteiger partial charge in [0.1, 0.15) is 0 Å². The number of nitrogens with zero attached hydrogens (tertiary/aromatic N) is 2. The largest absolute Gasteiger partial charge is 0.394 e. The monoisotopic (exact) mass is 257 g/mol. The van der Waals surface area contributed by atoms with Crippen molar-refractivity contribution in [3.8, 4) is 0 Å². The molecule has 1 rings (SSSR count). The van der Waals surface area contributed by atoms with Crippen molar-refractivity contribution >= 4 is 5.91 Å². The summed E-state index contributed by atoms with van der Waals surface area (Å²) in [7, 11) is 2.11. The van der Waals surface area contributed by atoms with Crippen LogP contribution in [0.4, 0.5) is 0 Å². The van der Waals surface area contributed by atoms with Crippen molar-refractivity contribution in [3.05, 3.63) is 0 Å². The molecule has 0 saturated carbocycles. The highest BCUT2D eigenvalue weighted by Crippen LogP contribution is 2.07. The molecule has 1 aliphatic rings. The van der Waals surface area contributed by atoms with Gasteiger partial charge in [-0.15, -0.1) is 0 Å². The van der Waals surface area contributed by atoms with Crippen LogP contribution in [-0.2, 0) is 4.79 Å². The molecule has 18 heavy (non-hydrogen) atoms. The van der Waals surface area contributed by atoms with E-state index < -0.39 is 0 Å². The van der Waals surface area contributed by atoms with Crippen LogP contribution in [0.3, 0.4) is 0 Å². The molecule has 1 aliphatic heterocycles. The summed E-state index contributed by atoms with van der Waals surface area (Å²) in [6.07, 6.45) is 0. The van der Waals surface area contributed by atoms with E-state index in [-0.39, 0.29) is 24.5 Å². The first-order chi connectivity index (χ1) is 8.43. The second kappa shape index (κ2) is 7.07. The van der Waals surface area contributed by atoms with E-state index in [2.05, 4.69) is 29.1 Å². The fourth-order valence-electron chi connectivity index (χ4n) is 2.27. The lowest BCUT2D eigenvalue weighted by Gasteiger charge is -2.38. The number of aliphatic hydroxyl groups is 1. The molecule has 1 unspecified atom stereocenters. The molecule has 1 fully saturated rings. The summed E-state index contributed by atoms with van der Waals surface area (Å²) < 4.78 is 0. The summed E-state index contributed by atoms with van der Waals surface area (Å²) in [6, 6.07) is 0.265. The van der Waals surface area contributed by atoms with Gasteiger partial charge in [0.05, 0.1) is 19.2 Å². The molecule has 0 spiro atoms. The molecule has 5 nitrogen and oxygen atoms in total. The summed E-state index contributed by atoms with van der Waals surface area (Å²) in [5.41, 5.74) is 0. The number of rotatable bonds is 5. The number of likely N-dealkylation sites (N-methyl/N-ethyl adjacent to an activating group) is 1. The summed E-state index contributed by atoms with van der Waals surface area (Å²) in [5, 5.41) is 12.1. The van der Waals surface area contributed by atoms with Crippen LogP contribution in [0.5, 0.6) is 0 Å². The van der Waals surface area contributed by atoms with E-state index in [1.807, 2.05) is 13.8 Å². The molecule has 1 saturated heterocycles. The van der Waals surface area contributed by atoms with Crippen LogP contribution in [0, 0.1) is 5.92 Å². The Kier molecular flexibility index (Phi) is 6.05. The van der Waals surface area contributed by atoms with E-state index in [1.54, 1.807) is 0 Å². The fourth-order valence-corrected chi connectivity index (χ4v) is 2.27. The zero-order valence-corrected chi connectivity index (χ0v) is 12.0. The van der Waals surface area contributed by atoms with Crippen LogP contribution < -0.4 is 5.32 Å². The third-order valence-electron chi connectivity index (χ3n) is 3.66. The SMILES string of the molecule is CC(C)C(CO)NC(=O)CN1CCN(C)C[C@H]1C. The number of hydrogen-bond acceptors (Lipinski definition) is 4. The van der Waals surface area contributed by atoms with Crippen LogP contribution >= 0.6 is 0 Å². The zero-order valence-electron chi connectivity index (χ0n) is 12.0. The molecule has 0 aromatic heterocycles. The average Bonchev–Trinajstić information content (AvgIpc) is 2.29. The second-order valence-corrected chi connectivity index (χ2v) is 5.68. The van der Waals surface area contributed by atoms with Crippen LogP contribution in [0.25, 0.3) is 0 Å². The summed E-state index contributed by atoms with van der Waals surface area (Å²) in [5.74, 6) is 0.267. The van der Waals surface area contributed by atoms with Crippen LogP contribution in [0.15, 0.2) is 0 Å². The van der Waals surface area contributed by atoms with E-state index in [0.717, 1.165) is 19.6 Å². The number of amides is 1. The number of carbonyl (C=O) groups excluding carboxylic acids is 1. The van der Waals surface area contributed by atoms with Gasteiger partial charge in [-0.3, -0.25) is 9.69 Å². The Morgan fingerprint density at radius 1 is 1.44 bits per heavy atom. The van der Waals surface area contributed by atoms with E-state index in [0.29, 0.717) is 12.6 Å². The lowest BCUT2D eigenvalue weighted by molar-refractivity contribution is -0.124. The van der Waals surface area contributed by atoms with Gasteiger partial charge in [-0.1, -0.05) is 13.8 Å². The van der Waals surface area contributed by atoms with Crippen molar-refractivity contribution in [3.63, 3.8) is 0 Å². The van der Waals surface area contributed by atoms with E-state index >= 15 is 0 Å². The highest BCUT2D eigenvalue weighted by Gasteiger charge is 2.24. The van der Waals surface area contributed by atoms with E-state index in [9.17, 15) is 9.90 Å². The summed E-state index contributed by atoms with van der Waals surface area (Å²) in [6.45, 7) is 9.51. The van der Waals surface area contributed by atoms with Gasteiger partial charge < -0.3 is 15.3 Å². The average molecular weight is 257 g/mol. The Bertz CT molecular complexity index is 271. The van der Waals surface area contributed by atoms with Crippen molar-refractivity contribution in [2.75, 3.05) is 39.8 Å². The standard InChI is InChI=1S/C13H27N3O2/c1-10(2)12(9-17)14-13(18)8-16-6-5-15(4)7-11(16)3/h10-12,17H,5-9H2,1-4H3,(H,14,18)/t11-,12?/m1/s1. The Morgan fingerprint density at radius 2 is 2.11 bits per heavy atom. The molecular formula is C13H27N3O2. The Balaban J connectivity index is 2.40. The smallest absolute Gasteiger partial charge is 0.234 e. The lowest BCUT2D eigenvalue weighted by atomic mass is 10.1. The van der Waals surface area contributed by atoms with Crippen molar-refractivity contribution in [2.45, 2.75) is 32.9 Å². The maximum absolute atomic E-state index is 11.9. The quantitative estimate of drug-likeness (QED) is 0.713. The number of aliphatic hydroxyl groups excluding tert-OH is 1. The maximum Gasteiger partial charge on any atom is 0.234 e. The predicted octanol–water partition coefficient (Wildman–Crippen LogP) is -0.245. The first kappa shape index (κ1) is 15.4. The van der Waals surface area contributed by atoms with Gasteiger partial charge >= 0.3 is 0 Å². The van der Waals surface area contributed by atoms with Gasteiger partial charge in [0.2, 0.25) is 5.91 Å². The molecule has 106 valence electrons. The first-order valence-electron chi connectivity index (χ1n) is 6.76. The number of nitrogens with one attached hydrogen (secondary N) is 1. The molecule has 0 bridgehead atoms. The summed E-state index contributed by atoms with van der Waals surface area (Å²) >= 11 is 0. The first-order valence-corrected chi connectivity index (χ1v) is 6.76. The number of piperazine rings is 1. The van der Waals surface area contributed by atoms with Gasteiger partial charge in [0.25, 0.3) is 0 Å². The van der Waals surface area contributed by atoms with Crippen molar-refractivity contribution in [1.29, 1.82) is 0 Å². The molecule has 1 heterocycles. The number of hydrogen-bond donors (Lipinski definition) is 2. The van der Waals surface area contributed by atoms with Crippen molar-refractivity contribution in [1.82, 2.24) is 15.1 Å². The Morgan fingerprint density at radius 3 is 2.61 bits per heavy atom. The molecule has 2 atom stereocenters. The van der Waals surface area contributed by atoms with Gasteiger partial charge in [0, 0.05) is 25.7 Å². The topological polar surface area (TPSA) is 55.8 Å². The maximum atomic E-state index is 11.9. The Hall–Kier alpha value is -0.650. The second-order valence-electron chi connectivity index (χ2n) is 5.68. The minimum atomic E-state index is -0.139. The van der Waals surface area contributed by atoms with Gasteiger partial charge in [-0.2, -0.15) is 0 Å². The summed E-state index contributed by atoms with van der Waals surface area (Å²) in [4.78, 5) is 16.4. The lowest BCUT2D eigenvalue weighted by Crippen LogP contribution is -2.54. The molecule has 0 radical (unpaired) electrons. The molecule has 0 aromatic carbocycles. The van der Waals surface area contributed by atoms with Crippen LogP contribution in [-0.4, -0.2) is 72.7 Å². The molecule has 0 aliphatic carbocycles. The minimum absolute atomic E-state index is 0.00168. The van der Waals surface area contributed by atoms with Crippen LogP contribution in [0.1, 0.15) is 20.8 Å². The predicted molar refractivity (Wildman–Crippen MR) is 72.4 cm³/mol. The highest BCUT2D eigenvalue weighted by molar-refractivity contribution is 5.78. The van der Waals surface area contributed by atoms with E-state index in [1.165, 1.54) is 0 Å². The highest BCUT2D eigenvalue weighted by atomic mass is 16.3. The van der Waals surface area contributed by atoms with Gasteiger partial charge in [-0.05, 0) is 19.9 Å². The molecule has 5 heteroatoms. The van der Waals surface area contributed by atoms with Crippen LogP contribution in [0.2, 0.25) is 0 Å².